The molecule has 0 bridgehead atoms. The number of nitrogens with one attached hydrogen (secondary N) is 1. The summed E-state index contributed by atoms with van der Waals surface area (Å²) in [6.45, 7) is 1.80. The maximum absolute atomic E-state index is 12.2. The second-order valence-corrected chi connectivity index (χ2v) is 6.89. The number of benzene rings is 1. The summed E-state index contributed by atoms with van der Waals surface area (Å²) >= 11 is 2.50. The van der Waals surface area contributed by atoms with Crippen molar-refractivity contribution in [3.8, 4) is 5.75 Å². The zero-order valence-corrected chi connectivity index (χ0v) is 14.5. The van der Waals surface area contributed by atoms with Gasteiger partial charge in [-0.25, -0.2) is 9.78 Å². The molecule has 2 aromatic rings. The SMILES string of the molecule is COC(=O)c1cnc(NC(=O)C(C)Sc2ccc(OC)cc2)s1. The molecule has 23 heavy (non-hydrogen) atoms. The predicted molar refractivity (Wildman–Crippen MR) is 90.4 cm³/mol. The fourth-order valence-corrected chi connectivity index (χ4v) is 3.25. The maximum Gasteiger partial charge on any atom is 0.349 e. The van der Waals surface area contributed by atoms with E-state index in [0.717, 1.165) is 22.0 Å². The number of hydrogen-bond acceptors (Lipinski definition) is 7. The van der Waals surface area contributed by atoms with Crippen molar-refractivity contribution >= 4 is 40.1 Å². The standard InChI is InChI=1S/C15H16N2O4S2/c1-9(22-11-6-4-10(20-2)5-7-11)13(18)17-15-16-8-12(23-15)14(19)21-3/h4-9H,1-3H3,(H,16,17,18). The van der Waals surface area contributed by atoms with Gasteiger partial charge in [0, 0.05) is 4.90 Å². The average Bonchev–Trinajstić information content (AvgIpc) is 3.03. The van der Waals surface area contributed by atoms with Gasteiger partial charge in [0.15, 0.2) is 5.13 Å². The molecule has 0 saturated carbocycles. The van der Waals surface area contributed by atoms with Crippen LogP contribution in [-0.4, -0.2) is 36.3 Å². The van der Waals surface area contributed by atoms with Crippen molar-refractivity contribution in [2.24, 2.45) is 0 Å². The first kappa shape index (κ1) is 17.3. The number of nitrogens with zero attached hydrogens (tertiary/aromatic N) is 1. The molecule has 2 rings (SSSR count). The Morgan fingerprint density at radius 3 is 2.57 bits per heavy atom. The Morgan fingerprint density at radius 1 is 1.26 bits per heavy atom. The number of rotatable bonds is 6. The molecule has 1 atom stereocenters. The fourth-order valence-electron chi connectivity index (χ4n) is 1.65. The van der Waals surface area contributed by atoms with Crippen LogP contribution in [0.1, 0.15) is 16.6 Å². The highest BCUT2D eigenvalue weighted by Gasteiger charge is 2.17. The summed E-state index contributed by atoms with van der Waals surface area (Å²) in [5.41, 5.74) is 0. The van der Waals surface area contributed by atoms with E-state index in [1.807, 2.05) is 24.3 Å². The highest BCUT2D eigenvalue weighted by Crippen LogP contribution is 2.27. The lowest BCUT2D eigenvalue weighted by molar-refractivity contribution is -0.115. The third-order valence-electron chi connectivity index (χ3n) is 2.86. The first-order valence-electron chi connectivity index (χ1n) is 6.69. The van der Waals surface area contributed by atoms with E-state index in [1.54, 1.807) is 14.0 Å². The lowest BCUT2D eigenvalue weighted by atomic mass is 10.3. The van der Waals surface area contributed by atoms with Crippen molar-refractivity contribution < 1.29 is 19.1 Å². The average molecular weight is 352 g/mol. The normalized spacial score (nSPS) is 11.6. The van der Waals surface area contributed by atoms with Crippen molar-refractivity contribution in [3.05, 3.63) is 35.3 Å². The van der Waals surface area contributed by atoms with Crippen LogP contribution in [0.15, 0.2) is 35.4 Å². The van der Waals surface area contributed by atoms with Crippen LogP contribution in [0.5, 0.6) is 5.75 Å². The van der Waals surface area contributed by atoms with Crippen LogP contribution in [0.4, 0.5) is 5.13 Å². The molecule has 0 spiro atoms. The van der Waals surface area contributed by atoms with Crippen LogP contribution >= 0.6 is 23.1 Å². The molecule has 6 nitrogen and oxygen atoms in total. The van der Waals surface area contributed by atoms with E-state index in [9.17, 15) is 9.59 Å². The quantitative estimate of drug-likeness (QED) is 0.636. The van der Waals surface area contributed by atoms with E-state index in [2.05, 4.69) is 15.0 Å². The summed E-state index contributed by atoms with van der Waals surface area (Å²) in [6.07, 6.45) is 1.38. The molecule has 0 saturated heterocycles. The molecule has 0 aliphatic heterocycles. The second kappa shape index (κ2) is 7.98. The number of carbonyl (C=O) groups excluding carboxylic acids is 2. The summed E-state index contributed by atoms with van der Waals surface area (Å²) in [7, 11) is 2.91. The minimum Gasteiger partial charge on any atom is -0.497 e. The Labute approximate surface area is 142 Å². The van der Waals surface area contributed by atoms with E-state index in [-0.39, 0.29) is 11.2 Å². The predicted octanol–water partition coefficient (Wildman–Crippen LogP) is 3.06. The van der Waals surface area contributed by atoms with Crippen LogP contribution in [0.2, 0.25) is 0 Å². The van der Waals surface area contributed by atoms with Crippen LogP contribution in [-0.2, 0) is 9.53 Å². The summed E-state index contributed by atoms with van der Waals surface area (Å²) in [6, 6.07) is 7.48. The van der Waals surface area contributed by atoms with Gasteiger partial charge in [0.2, 0.25) is 5.91 Å². The smallest absolute Gasteiger partial charge is 0.349 e. The molecule has 0 aliphatic carbocycles. The summed E-state index contributed by atoms with van der Waals surface area (Å²) in [5.74, 6) is 0.116. The monoisotopic (exact) mass is 352 g/mol. The van der Waals surface area contributed by atoms with E-state index >= 15 is 0 Å². The third kappa shape index (κ3) is 4.70. The van der Waals surface area contributed by atoms with Crippen molar-refractivity contribution in [2.75, 3.05) is 19.5 Å². The van der Waals surface area contributed by atoms with Gasteiger partial charge in [-0.1, -0.05) is 11.3 Å². The van der Waals surface area contributed by atoms with Gasteiger partial charge in [-0.2, -0.15) is 0 Å². The van der Waals surface area contributed by atoms with Gasteiger partial charge in [0.05, 0.1) is 25.7 Å². The summed E-state index contributed by atoms with van der Waals surface area (Å²) < 4.78 is 9.70. The number of methoxy groups -OCH3 is 2. The molecule has 1 aromatic carbocycles. The van der Waals surface area contributed by atoms with Crippen molar-refractivity contribution in [3.63, 3.8) is 0 Å². The van der Waals surface area contributed by atoms with Gasteiger partial charge in [0.25, 0.3) is 0 Å². The first-order chi connectivity index (χ1) is 11.0. The van der Waals surface area contributed by atoms with Crippen LogP contribution in [0, 0.1) is 0 Å². The zero-order chi connectivity index (χ0) is 16.8. The second-order valence-electron chi connectivity index (χ2n) is 4.45. The molecular weight excluding hydrogens is 336 g/mol. The number of thioether (sulfide) groups is 1. The first-order valence-corrected chi connectivity index (χ1v) is 8.39. The van der Waals surface area contributed by atoms with Gasteiger partial charge in [-0.05, 0) is 31.2 Å². The summed E-state index contributed by atoms with van der Waals surface area (Å²) in [5, 5.41) is 2.76. The number of ether oxygens (including phenoxy) is 2. The van der Waals surface area contributed by atoms with E-state index in [4.69, 9.17) is 4.74 Å². The number of hydrogen-bond donors (Lipinski definition) is 1. The number of aromatic nitrogens is 1. The van der Waals surface area contributed by atoms with Gasteiger partial charge >= 0.3 is 5.97 Å². The molecular formula is C15H16N2O4S2. The largest absolute Gasteiger partial charge is 0.497 e. The van der Waals surface area contributed by atoms with E-state index < -0.39 is 5.97 Å². The number of thiazole rings is 1. The molecule has 1 unspecified atom stereocenters. The highest BCUT2D eigenvalue weighted by molar-refractivity contribution is 8.00. The van der Waals surface area contributed by atoms with Gasteiger partial charge in [-0.15, -0.1) is 11.8 Å². The van der Waals surface area contributed by atoms with Gasteiger partial charge < -0.3 is 14.8 Å². The lowest BCUT2D eigenvalue weighted by Crippen LogP contribution is -2.22. The third-order valence-corrected chi connectivity index (χ3v) is 4.87. The number of esters is 1. The van der Waals surface area contributed by atoms with Gasteiger partial charge in [0.1, 0.15) is 10.6 Å². The van der Waals surface area contributed by atoms with Crippen LogP contribution in [0.3, 0.4) is 0 Å². The van der Waals surface area contributed by atoms with Crippen molar-refractivity contribution in [1.29, 1.82) is 0 Å². The Morgan fingerprint density at radius 2 is 1.96 bits per heavy atom. The Bertz CT molecular complexity index is 685. The fraction of sp³-hybridized carbons (Fsp3) is 0.267. The van der Waals surface area contributed by atoms with E-state index in [1.165, 1.54) is 25.1 Å². The van der Waals surface area contributed by atoms with Crippen LogP contribution < -0.4 is 10.1 Å². The molecule has 0 radical (unpaired) electrons. The van der Waals surface area contributed by atoms with Crippen molar-refractivity contribution in [1.82, 2.24) is 4.98 Å². The molecule has 0 aliphatic rings. The van der Waals surface area contributed by atoms with Crippen molar-refractivity contribution in [2.45, 2.75) is 17.1 Å². The van der Waals surface area contributed by atoms with E-state index in [0.29, 0.717) is 10.0 Å². The van der Waals surface area contributed by atoms with Crippen LogP contribution in [0.25, 0.3) is 0 Å². The minimum atomic E-state index is -0.469. The molecule has 1 amide bonds. The highest BCUT2D eigenvalue weighted by atomic mass is 32.2. The van der Waals surface area contributed by atoms with Gasteiger partial charge in [-0.3, -0.25) is 4.79 Å². The molecule has 0 fully saturated rings. The topological polar surface area (TPSA) is 77.5 Å². The Hall–Kier alpha value is -2.06. The Kier molecular flexibility index (Phi) is 6.00. The molecule has 8 heteroatoms. The minimum absolute atomic E-state index is 0.184. The number of anilines is 1. The number of carbonyl (C=O) groups is 2. The molecule has 122 valence electrons. The molecule has 1 heterocycles. The Balaban J connectivity index is 1.93. The summed E-state index contributed by atoms with van der Waals surface area (Å²) in [4.78, 5) is 28.8. The lowest BCUT2D eigenvalue weighted by Gasteiger charge is -2.10. The molecule has 1 N–H and O–H groups in total. The maximum atomic E-state index is 12.2. The number of amides is 1. The molecule has 1 aromatic heterocycles. The zero-order valence-electron chi connectivity index (χ0n) is 12.9.